The molecule has 0 radical (unpaired) electrons. The topological polar surface area (TPSA) is 55.1 Å². The smallest absolute Gasteiger partial charge is 0.224 e. The molecule has 0 saturated heterocycles. The van der Waals surface area contributed by atoms with Gasteiger partial charge in [-0.05, 0) is 36.3 Å². The van der Waals surface area contributed by atoms with Crippen LogP contribution in [0.15, 0.2) is 18.2 Å². The van der Waals surface area contributed by atoms with Gasteiger partial charge in [-0.15, -0.1) is 0 Å². The minimum Gasteiger partial charge on any atom is -0.397 e. The van der Waals surface area contributed by atoms with E-state index in [1.54, 1.807) is 18.2 Å². The van der Waals surface area contributed by atoms with Gasteiger partial charge in [0.1, 0.15) is 0 Å². The van der Waals surface area contributed by atoms with Gasteiger partial charge in [0.2, 0.25) is 5.91 Å². The first-order valence-corrected chi connectivity index (χ1v) is 8.29. The molecular weight excluding hydrogens is 292 g/mol. The predicted molar refractivity (Wildman–Crippen MR) is 90.5 cm³/mol. The molecule has 112 valence electrons. The number of benzene rings is 1. The van der Waals surface area contributed by atoms with E-state index in [1.807, 2.05) is 11.8 Å². The third-order valence-corrected chi connectivity index (χ3v) is 4.99. The summed E-state index contributed by atoms with van der Waals surface area (Å²) in [6.45, 7) is 6.66. The highest BCUT2D eigenvalue weighted by Crippen LogP contribution is 2.23. The van der Waals surface area contributed by atoms with Gasteiger partial charge in [-0.3, -0.25) is 4.79 Å². The van der Waals surface area contributed by atoms with E-state index in [0.29, 0.717) is 34.0 Å². The molecule has 1 aromatic carbocycles. The first-order chi connectivity index (χ1) is 9.40. The molecule has 1 unspecified atom stereocenters. The number of nitrogen functional groups attached to an aromatic ring is 1. The van der Waals surface area contributed by atoms with Gasteiger partial charge in [-0.2, -0.15) is 11.8 Å². The van der Waals surface area contributed by atoms with Gasteiger partial charge in [0.25, 0.3) is 0 Å². The fourth-order valence-corrected chi connectivity index (χ4v) is 2.80. The van der Waals surface area contributed by atoms with Crippen LogP contribution in [0.4, 0.5) is 11.4 Å². The molecule has 3 N–H and O–H groups in total. The van der Waals surface area contributed by atoms with E-state index >= 15 is 0 Å². The molecule has 0 aliphatic heterocycles. The lowest BCUT2D eigenvalue weighted by Gasteiger charge is -2.14. The molecule has 0 fully saturated rings. The molecule has 1 amide bonds. The fourth-order valence-electron chi connectivity index (χ4n) is 1.55. The number of halogens is 1. The van der Waals surface area contributed by atoms with E-state index in [9.17, 15) is 4.79 Å². The highest BCUT2D eigenvalue weighted by Gasteiger charge is 2.09. The maximum Gasteiger partial charge on any atom is 0.224 e. The number of hydrogen-bond donors (Lipinski definition) is 2. The summed E-state index contributed by atoms with van der Waals surface area (Å²) >= 11 is 7.73. The molecule has 1 atom stereocenters. The van der Waals surface area contributed by atoms with Crippen LogP contribution in [0.5, 0.6) is 0 Å². The molecule has 3 nitrogen and oxygen atoms in total. The Morgan fingerprint density at radius 1 is 1.40 bits per heavy atom. The molecule has 0 heterocycles. The summed E-state index contributed by atoms with van der Waals surface area (Å²) in [5, 5.41) is 4.02. The highest BCUT2D eigenvalue weighted by atomic mass is 35.5. The molecule has 0 aromatic heterocycles. The lowest BCUT2D eigenvalue weighted by molar-refractivity contribution is -0.116. The van der Waals surface area contributed by atoms with Gasteiger partial charge in [0.05, 0.1) is 11.4 Å². The SMILES string of the molecule is CC(C)C(C)SCCCC(=O)Nc1ccc(Cl)cc1N. The predicted octanol–water partition coefficient (Wildman–Crippen LogP) is 4.42. The Morgan fingerprint density at radius 2 is 2.10 bits per heavy atom. The summed E-state index contributed by atoms with van der Waals surface area (Å²) in [6.07, 6.45) is 1.39. The van der Waals surface area contributed by atoms with Crippen molar-refractivity contribution in [3.63, 3.8) is 0 Å². The Hall–Kier alpha value is -0.870. The molecule has 0 aliphatic rings. The van der Waals surface area contributed by atoms with Crippen molar-refractivity contribution in [2.24, 2.45) is 5.92 Å². The van der Waals surface area contributed by atoms with E-state index in [-0.39, 0.29) is 5.91 Å². The van der Waals surface area contributed by atoms with E-state index < -0.39 is 0 Å². The molecule has 0 spiro atoms. The van der Waals surface area contributed by atoms with Gasteiger partial charge in [0.15, 0.2) is 0 Å². The van der Waals surface area contributed by atoms with Crippen LogP contribution in [-0.2, 0) is 4.79 Å². The summed E-state index contributed by atoms with van der Waals surface area (Å²) in [7, 11) is 0. The maximum atomic E-state index is 11.8. The molecule has 0 bridgehead atoms. The standard InChI is InChI=1S/C15H23ClN2OS/c1-10(2)11(3)20-8-4-5-15(19)18-14-7-6-12(16)9-13(14)17/h6-7,9-11H,4-5,8,17H2,1-3H3,(H,18,19). The van der Waals surface area contributed by atoms with Gasteiger partial charge in [0, 0.05) is 16.7 Å². The van der Waals surface area contributed by atoms with Crippen LogP contribution in [0.3, 0.4) is 0 Å². The quantitative estimate of drug-likeness (QED) is 0.578. The number of nitrogens with two attached hydrogens (primary N) is 1. The molecule has 0 aliphatic carbocycles. The maximum absolute atomic E-state index is 11.8. The second-order valence-corrected chi connectivity index (χ2v) is 7.12. The first kappa shape index (κ1) is 17.2. The Labute approximate surface area is 130 Å². The fraction of sp³-hybridized carbons (Fsp3) is 0.533. The summed E-state index contributed by atoms with van der Waals surface area (Å²) < 4.78 is 0. The first-order valence-electron chi connectivity index (χ1n) is 6.86. The third kappa shape index (κ3) is 6.06. The molecule has 0 saturated carbocycles. The minimum absolute atomic E-state index is 0.00294. The van der Waals surface area contributed by atoms with Crippen molar-refractivity contribution in [2.75, 3.05) is 16.8 Å². The van der Waals surface area contributed by atoms with E-state index in [1.165, 1.54) is 0 Å². The second-order valence-electron chi connectivity index (χ2n) is 5.20. The minimum atomic E-state index is -0.00294. The molecule has 1 rings (SSSR count). The van der Waals surface area contributed by atoms with Crippen molar-refractivity contribution in [1.82, 2.24) is 0 Å². The average molecular weight is 315 g/mol. The van der Waals surface area contributed by atoms with Crippen molar-refractivity contribution in [1.29, 1.82) is 0 Å². The molecule has 5 heteroatoms. The van der Waals surface area contributed by atoms with Crippen molar-refractivity contribution >= 4 is 40.6 Å². The number of nitrogens with one attached hydrogen (secondary N) is 1. The summed E-state index contributed by atoms with van der Waals surface area (Å²) in [5.41, 5.74) is 6.92. The van der Waals surface area contributed by atoms with Crippen LogP contribution in [0.2, 0.25) is 5.02 Å². The number of thioether (sulfide) groups is 1. The zero-order valence-electron chi connectivity index (χ0n) is 12.3. The number of amides is 1. The molecular formula is C15H23ClN2OS. The number of rotatable bonds is 7. The van der Waals surface area contributed by atoms with Crippen LogP contribution >= 0.6 is 23.4 Å². The van der Waals surface area contributed by atoms with E-state index in [0.717, 1.165) is 12.2 Å². The number of anilines is 2. The van der Waals surface area contributed by atoms with Gasteiger partial charge < -0.3 is 11.1 Å². The van der Waals surface area contributed by atoms with Crippen LogP contribution in [0.1, 0.15) is 33.6 Å². The van der Waals surface area contributed by atoms with Crippen LogP contribution < -0.4 is 11.1 Å². The second kappa shape index (κ2) is 8.42. The van der Waals surface area contributed by atoms with Gasteiger partial charge in [-0.1, -0.05) is 32.4 Å². The zero-order chi connectivity index (χ0) is 15.1. The number of carbonyl (C=O) groups is 1. The van der Waals surface area contributed by atoms with Crippen LogP contribution in [0, 0.1) is 5.92 Å². The van der Waals surface area contributed by atoms with Crippen molar-refractivity contribution in [3.8, 4) is 0 Å². The van der Waals surface area contributed by atoms with E-state index in [4.69, 9.17) is 17.3 Å². The Morgan fingerprint density at radius 3 is 2.70 bits per heavy atom. The summed E-state index contributed by atoms with van der Waals surface area (Å²) in [5.74, 6) is 1.67. The van der Waals surface area contributed by atoms with E-state index in [2.05, 4.69) is 26.1 Å². The Balaban J connectivity index is 2.30. The average Bonchev–Trinajstić information content (AvgIpc) is 2.37. The van der Waals surface area contributed by atoms with Crippen LogP contribution in [0.25, 0.3) is 0 Å². The lowest BCUT2D eigenvalue weighted by Crippen LogP contribution is -2.13. The number of carbonyl (C=O) groups excluding carboxylic acids is 1. The highest BCUT2D eigenvalue weighted by molar-refractivity contribution is 7.99. The largest absolute Gasteiger partial charge is 0.397 e. The number of hydrogen-bond acceptors (Lipinski definition) is 3. The van der Waals surface area contributed by atoms with Crippen molar-refractivity contribution in [2.45, 2.75) is 38.9 Å². The normalized spacial score (nSPS) is 12.4. The molecule has 1 aromatic rings. The zero-order valence-corrected chi connectivity index (χ0v) is 13.9. The van der Waals surface area contributed by atoms with Crippen molar-refractivity contribution in [3.05, 3.63) is 23.2 Å². The lowest BCUT2D eigenvalue weighted by atomic mass is 10.2. The molecule has 20 heavy (non-hydrogen) atoms. The Bertz CT molecular complexity index is 451. The van der Waals surface area contributed by atoms with Crippen LogP contribution in [-0.4, -0.2) is 16.9 Å². The monoisotopic (exact) mass is 314 g/mol. The third-order valence-electron chi connectivity index (χ3n) is 3.16. The Kier molecular flexibility index (Phi) is 7.24. The summed E-state index contributed by atoms with van der Waals surface area (Å²) in [6, 6.07) is 5.08. The van der Waals surface area contributed by atoms with Gasteiger partial charge in [-0.25, -0.2) is 0 Å². The van der Waals surface area contributed by atoms with Gasteiger partial charge >= 0.3 is 0 Å². The van der Waals surface area contributed by atoms with Crippen molar-refractivity contribution < 1.29 is 4.79 Å². The summed E-state index contributed by atoms with van der Waals surface area (Å²) in [4.78, 5) is 11.8.